The second-order valence-corrected chi connectivity index (χ2v) is 7.18. The van der Waals surface area contributed by atoms with Gasteiger partial charge in [0.05, 0.1) is 11.7 Å². The number of hydrogen-bond acceptors (Lipinski definition) is 7. The topological polar surface area (TPSA) is 103 Å². The van der Waals surface area contributed by atoms with Crippen molar-refractivity contribution in [1.29, 1.82) is 0 Å². The molecule has 4 N–H and O–H groups in total. The van der Waals surface area contributed by atoms with Crippen LogP contribution < -0.4 is 16.0 Å². The first kappa shape index (κ1) is 17.6. The molecule has 5 rings (SSSR count). The van der Waals surface area contributed by atoms with E-state index in [1.54, 1.807) is 12.4 Å². The van der Waals surface area contributed by atoms with E-state index in [-0.39, 0.29) is 0 Å². The highest BCUT2D eigenvalue weighted by Gasteiger charge is 2.13. The van der Waals surface area contributed by atoms with Crippen molar-refractivity contribution in [1.82, 2.24) is 30.5 Å². The predicted molar refractivity (Wildman–Crippen MR) is 114 cm³/mol. The highest BCUT2D eigenvalue weighted by atomic mass is 15.1. The average molecular weight is 386 g/mol. The van der Waals surface area contributed by atoms with Crippen LogP contribution in [0.2, 0.25) is 0 Å². The molecule has 0 bridgehead atoms. The van der Waals surface area contributed by atoms with Crippen molar-refractivity contribution < 1.29 is 0 Å². The summed E-state index contributed by atoms with van der Waals surface area (Å²) in [5.41, 5.74) is 3.88. The third-order valence-corrected chi connectivity index (χ3v) is 5.12. The lowest BCUT2D eigenvalue weighted by Crippen LogP contribution is -2.35. The molecule has 3 aromatic heterocycles. The molecule has 29 heavy (non-hydrogen) atoms. The molecule has 0 aliphatic carbocycles. The fourth-order valence-electron chi connectivity index (χ4n) is 3.56. The first-order chi connectivity index (χ1) is 14.3. The molecule has 1 aromatic carbocycles. The zero-order valence-corrected chi connectivity index (χ0v) is 15.9. The van der Waals surface area contributed by atoms with Gasteiger partial charge in [0.1, 0.15) is 5.82 Å². The Morgan fingerprint density at radius 2 is 1.90 bits per heavy atom. The van der Waals surface area contributed by atoms with Gasteiger partial charge in [0.25, 0.3) is 0 Å². The van der Waals surface area contributed by atoms with Crippen LogP contribution in [0.5, 0.6) is 0 Å². The molecular weight excluding hydrogens is 364 g/mol. The Kier molecular flexibility index (Phi) is 4.75. The summed E-state index contributed by atoms with van der Waals surface area (Å²) in [5, 5.41) is 18.0. The number of anilines is 3. The Bertz CT molecular complexity index is 1100. The van der Waals surface area contributed by atoms with Gasteiger partial charge in [-0.1, -0.05) is 12.1 Å². The number of hydrogen-bond donors (Lipinski definition) is 4. The van der Waals surface area contributed by atoms with E-state index in [4.69, 9.17) is 0 Å². The SMILES string of the molecule is c1cc(Nc2ncc3ccc(-c4cn[nH]c4)cc3n2)cc(NC2CCNCC2)n1. The Morgan fingerprint density at radius 1 is 0.966 bits per heavy atom. The van der Waals surface area contributed by atoms with Crippen molar-refractivity contribution in [2.45, 2.75) is 18.9 Å². The highest BCUT2D eigenvalue weighted by Crippen LogP contribution is 2.24. The van der Waals surface area contributed by atoms with E-state index < -0.39 is 0 Å². The summed E-state index contributed by atoms with van der Waals surface area (Å²) in [7, 11) is 0. The largest absolute Gasteiger partial charge is 0.367 e. The van der Waals surface area contributed by atoms with Gasteiger partial charge in [-0.25, -0.2) is 15.0 Å². The van der Waals surface area contributed by atoms with Crippen molar-refractivity contribution in [3.05, 3.63) is 55.1 Å². The van der Waals surface area contributed by atoms with Crippen molar-refractivity contribution in [3.63, 3.8) is 0 Å². The van der Waals surface area contributed by atoms with Gasteiger partial charge in [0.2, 0.25) is 5.95 Å². The number of pyridine rings is 1. The fraction of sp³-hybridized carbons (Fsp3) is 0.238. The molecule has 0 unspecified atom stereocenters. The van der Waals surface area contributed by atoms with Gasteiger partial charge in [-0.3, -0.25) is 5.10 Å². The van der Waals surface area contributed by atoms with Crippen LogP contribution in [0.25, 0.3) is 22.0 Å². The van der Waals surface area contributed by atoms with E-state index in [0.717, 1.165) is 59.5 Å². The standard InChI is InChI=1S/C21H22N8/c1-2-15-11-24-21(29-19(15)9-14(1)16-12-25-26-13-16)28-18-5-8-23-20(10-18)27-17-3-6-22-7-4-17/h1-2,5,8-13,17,22H,3-4,6-7H2,(H,25,26)(H2,23,24,27,28,29). The maximum atomic E-state index is 4.68. The van der Waals surface area contributed by atoms with Crippen LogP contribution in [-0.2, 0) is 0 Å². The van der Waals surface area contributed by atoms with E-state index in [0.29, 0.717) is 12.0 Å². The average Bonchev–Trinajstić information content (AvgIpc) is 3.29. The van der Waals surface area contributed by atoms with Crippen molar-refractivity contribution in [2.24, 2.45) is 0 Å². The molecule has 1 fully saturated rings. The summed E-state index contributed by atoms with van der Waals surface area (Å²) in [6.07, 6.45) is 9.51. The maximum Gasteiger partial charge on any atom is 0.227 e. The smallest absolute Gasteiger partial charge is 0.227 e. The number of benzene rings is 1. The van der Waals surface area contributed by atoms with Crippen LogP contribution in [0.4, 0.5) is 17.5 Å². The normalized spacial score (nSPS) is 14.8. The second-order valence-electron chi connectivity index (χ2n) is 7.18. The molecule has 0 atom stereocenters. The van der Waals surface area contributed by atoms with E-state index in [1.807, 2.05) is 42.7 Å². The number of rotatable bonds is 5. The summed E-state index contributed by atoms with van der Waals surface area (Å²) >= 11 is 0. The number of H-pyrrole nitrogens is 1. The monoisotopic (exact) mass is 386 g/mol. The molecule has 0 saturated carbocycles. The maximum absolute atomic E-state index is 4.68. The lowest BCUT2D eigenvalue weighted by atomic mass is 10.1. The Hall–Kier alpha value is -3.52. The second kappa shape index (κ2) is 7.84. The van der Waals surface area contributed by atoms with Crippen LogP contribution in [0.15, 0.2) is 55.1 Å². The van der Waals surface area contributed by atoms with Crippen molar-refractivity contribution in [3.8, 4) is 11.1 Å². The zero-order valence-electron chi connectivity index (χ0n) is 15.9. The molecule has 8 nitrogen and oxygen atoms in total. The molecule has 146 valence electrons. The van der Waals surface area contributed by atoms with Crippen LogP contribution in [0.1, 0.15) is 12.8 Å². The molecule has 1 saturated heterocycles. The number of nitrogens with zero attached hydrogens (tertiary/aromatic N) is 4. The lowest BCUT2D eigenvalue weighted by Gasteiger charge is -2.24. The molecule has 0 radical (unpaired) electrons. The third-order valence-electron chi connectivity index (χ3n) is 5.12. The molecule has 4 heterocycles. The summed E-state index contributed by atoms with van der Waals surface area (Å²) in [6, 6.07) is 10.5. The fourth-order valence-corrected chi connectivity index (χ4v) is 3.56. The lowest BCUT2D eigenvalue weighted by molar-refractivity contribution is 0.478. The Morgan fingerprint density at radius 3 is 2.76 bits per heavy atom. The molecule has 1 aliphatic heterocycles. The number of nitrogens with one attached hydrogen (secondary N) is 4. The van der Waals surface area contributed by atoms with E-state index in [1.165, 1.54) is 0 Å². The molecule has 4 aromatic rings. The minimum atomic E-state index is 0.456. The van der Waals surface area contributed by atoms with Gasteiger partial charge >= 0.3 is 0 Å². The number of piperidine rings is 1. The van der Waals surface area contributed by atoms with E-state index >= 15 is 0 Å². The highest BCUT2D eigenvalue weighted by molar-refractivity contribution is 5.84. The third kappa shape index (κ3) is 4.02. The Labute approximate surface area is 168 Å². The van der Waals surface area contributed by atoms with Crippen LogP contribution >= 0.6 is 0 Å². The van der Waals surface area contributed by atoms with E-state index in [2.05, 4.69) is 41.1 Å². The van der Waals surface area contributed by atoms with Crippen LogP contribution in [0.3, 0.4) is 0 Å². The zero-order chi connectivity index (χ0) is 19.5. The van der Waals surface area contributed by atoms with Gasteiger partial charge < -0.3 is 16.0 Å². The number of fused-ring (bicyclic) bond motifs is 1. The van der Waals surface area contributed by atoms with Crippen LogP contribution in [-0.4, -0.2) is 44.3 Å². The van der Waals surface area contributed by atoms with Crippen molar-refractivity contribution >= 4 is 28.4 Å². The van der Waals surface area contributed by atoms with Gasteiger partial charge in [-0.2, -0.15) is 5.10 Å². The first-order valence-corrected chi connectivity index (χ1v) is 9.80. The van der Waals surface area contributed by atoms with E-state index in [9.17, 15) is 0 Å². The predicted octanol–water partition coefficient (Wildman–Crippen LogP) is 3.32. The minimum Gasteiger partial charge on any atom is -0.367 e. The van der Waals surface area contributed by atoms with Gasteiger partial charge in [0, 0.05) is 47.3 Å². The van der Waals surface area contributed by atoms with Gasteiger partial charge in [-0.05, 0) is 43.6 Å². The van der Waals surface area contributed by atoms with Crippen LogP contribution in [0, 0.1) is 0 Å². The summed E-state index contributed by atoms with van der Waals surface area (Å²) in [5.74, 6) is 1.42. The van der Waals surface area contributed by atoms with Crippen molar-refractivity contribution in [2.75, 3.05) is 23.7 Å². The molecular formula is C21H22N8. The molecule has 0 spiro atoms. The summed E-state index contributed by atoms with van der Waals surface area (Å²) in [6.45, 7) is 2.09. The first-order valence-electron chi connectivity index (χ1n) is 9.80. The molecule has 1 aliphatic rings. The van der Waals surface area contributed by atoms with Gasteiger partial charge in [-0.15, -0.1) is 0 Å². The quantitative estimate of drug-likeness (QED) is 0.417. The summed E-state index contributed by atoms with van der Waals surface area (Å²) < 4.78 is 0. The number of aromatic nitrogens is 5. The minimum absolute atomic E-state index is 0.456. The van der Waals surface area contributed by atoms with Gasteiger partial charge in [0.15, 0.2) is 0 Å². The molecule has 0 amide bonds. The Balaban J connectivity index is 1.36. The molecule has 8 heteroatoms. The summed E-state index contributed by atoms with van der Waals surface area (Å²) in [4.78, 5) is 13.6. The number of aromatic amines is 1.